The minimum absolute atomic E-state index is 0.0752. The number of aldehydes is 1. The zero-order chi connectivity index (χ0) is 34.4. The van der Waals surface area contributed by atoms with Crippen molar-refractivity contribution in [2.45, 2.75) is 18.9 Å². The molecule has 4 N–H and O–H groups in total. The molecule has 0 saturated carbocycles. The van der Waals surface area contributed by atoms with Crippen LogP contribution in [-0.4, -0.2) is 74.9 Å². The summed E-state index contributed by atoms with van der Waals surface area (Å²) in [5, 5.41) is 13.0. The molecule has 8 rings (SSSR count). The summed E-state index contributed by atoms with van der Waals surface area (Å²) in [6.07, 6.45) is 3.69. The first-order valence-electron chi connectivity index (χ1n) is 16.7. The molecule has 1 amide bonds. The van der Waals surface area contributed by atoms with Gasteiger partial charge in [0.05, 0.1) is 22.9 Å². The molecule has 250 valence electrons. The molecule has 4 heterocycles. The predicted molar refractivity (Wildman–Crippen MR) is 194 cm³/mol. The van der Waals surface area contributed by atoms with Crippen molar-refractivity contribution >= 4 is 34.9 Å². The van der Waals surface area contributed by atoms with Gasteiger partial charge >= 0.3 is 0 Å². The number of rotatable bonds is 7. The first kappa shape index (κ1) is 31.2. The van der Waals surface area contributed by atoms with Crippen LogP contribution in [0.25, 0.3) is 39.5 Å². The molecule has 3 aromatic heterocycles. The number of hydrogen-bond acceptors (Lipinski definition) is 9. The average molecular weight is 665 g/mol. The van der Waals surface area contributed by atoms with Gasteiger partial charge in [-0.1, -0.05) is 18.2 Å². The number of piperazine rings is 1. The lowest BCUT2D eigenvalue weighted by Gasteiger charge is -2.34. The second-order valence-corrected chi connectivity index (χ2v) is 12.9. The van der Waals surface area contributed by atoms with E-state index in [9.17, 15) is 14.7 Å². The van der Waals surface area contributed by atoms with Gasteiger partial charge in [-0.3, -0.25) is 14.2 Å². The predicted octanol–water partition coefficient (Wildman–Crippen LogP) is 5.42. The Morgan fingerprint density at radius 2 is 1.80 bits per heavy atom. The van der Waals surface area contributed by atoms with E-state index in [-0.39, 0.29) is 23.3 Å². The number of carbonyl (C=O) groups is 2. The van der Waals surface area contributed by atoms with Gasteiger partial charge in [-0.05, 0) is 97.7 Å². The Labute approximate surface area is 289 Å². The number of nitrogens with zero attached hydrogens (tertiary/aromatic N) is 6. The average Bonchev–Trinajstić information content (AvgIpc) is 3.72. The number of nitrogens with one attached hydrogen (secondary N) is 1. The first-order chi connectivity index (χ1) is 24.4. The Bertz CT molecular complexity index is 2270. The van der Waals surface area contributed by atoms with Crippen LogP contribution in [0.5, 0.6) is 5.75 Å². The second kappa shape index (κ2) is 12.8. The van der Waals surface area contributed by atoms with Gasteiger partial charge in [-0.25, -0.2) is 15.0 Å². The number of imidazole rings is 1. The molecule has 6 aromatic rings. The number of anilines is 2. The molecule has 1 saturated heterocycles. The highest BCUT2D eigenvalue weighted by molar-refractivity contribution is 5.97. The van der Waals surface area contributed by atoms with E-state index >= 15 is 0 Å². The molecule has 2 aliphatic rings. The van der Waals surface area contributed by atoms with Gasteiger partial charge in [0.1, 0.15) is 17.1 Å². The number of aromatic nitrogens is 4. The number of nitrogen functional groups attached to an aromatic ring is 1. The lowest BCUT2D eigenvalue weighted by molar-refractivity contribution is 0.0936. The molecule has 0 bridgehead atoms. The number of aryl methyl sites for hydroxylation is 1. The van der Waals surface area contributed by atoms with Gasteiger partial charge in [0.15, 0.2) is 17.8 Å². The number of phenolic OH excluding ortho intramolecular Hbond substituents is 1. The summed E-state index contributed by atoms with van der Waals surface area (Å²) in [7, 11) is 2.16. The standard InChI is InChI=1S/C39H36N8O3/c1-45-16-18-46(19-17-45)28-5-2-4-25(22-28)32-12-13-34-38(42-32)47(37(43-34)31-6-3-15-41-36(31)40)29-9-10-30-24(21-29)7-11-33(30)44-39(50)26-8-14-35(49)27(20-26)23-48/h2-6,8-10,12-15,20-23,33,49H,7,11,16-19H2,1H3,(H2,40,41)(H,44,50). The molecule has 11 nitrogen and oxygen atoms in total. The normalized spacial score (nSPS) is 16.0. The van der Waals surface area contributed by atoms with Crippen LogP contribution < -0.4 is 16.0 Å². The summed E-state index contributed by atoms with van der Waals surface area (Å²) in [5.41, 5.74) is 15.0. The van der Waals surface area contributed by atoms with Crippen molar-refractivity contribution in [2.75, 3.05) is 43.9 Å². The van der Waals surface area contributed by atoms with E-state index in [1.54, 1.807) is 6.20 Å². The van der Waals surface area contributed by atoms with Crippen LogP contribution in [-0.2, 0) is 6.42 Å². The number of fused-ring (bicyclic) bond motifs is 2. The lowest BCUT2D eigenvalue weighted by Crippen LogP contribution is -2.44. The van der Waals surface area contributed by atoms with E-state index in [4.69, 9.17) is 15.7 Å². The third kappa shape index (κ3) is 5.71. The Morgan fingerprint density at radius 3 is 2.62 bits per heavy atom. The highest BCUT2D eigenvalue weighted by Crippen LogP contribution is 2.37. The number of likely N-dealkylation sites (N-methyl/N-ethyl adjacent to an activating group) is 1. The summed E-state index contributed by atoms with van der Waals surface area (Å²) in [6, 6.07) is 26.6. The van der Waals surface area contributed by atoms with Crippen LogP contribution in [0.1, 0.15) is 44.3 Å². The van der Waals surface area contributed by atoms with Crippen molar-refractivity contribution in [3.63, 3.8) is 0 Å². The Morgan fingerprint density at radius 1 is 0.940 bits per heavy atom. The molecule has 3 aromatic carbocycles. The molecule has 1 aliphatic heterocycles. The minimum Gasteiger partial charge on any atom is -0.507 e. The number of nitrogens with two attached hydrogens (primary N) is 1. The van der Waals surface area contributed by atoms with Gasteiger partial charge in [-0.2, -0.15) is 0 Å². The number of phenols is 1. The van der Waals surface area contributed by atoms with E-state index in [2.05, 4.69) is 57.5 Å². The van der Waals surface area contributed by atoms with Crippen molar-refractivity contribution in [3.8, 4) is 34.1 Å². The SMILES string of the molecule is CN1CCN(c2cccc(-c3ccc4nc(-c5cccnc5N)n(-c5ccc6c(c5)CCC6NC(=O)c5ccc(O)c(C=O)c5)c4n3)c2)CC1. The van der Waals surface area contributed by atoms with Gasteiger partial charge in [0.2, 0.25) is 0 Å². The number of hydrogen-bond donors (Lipinski definition) is 3. The quantitative estimate of drug-likeness (QED) is 0.191. The second-order valence-electron chi connectivity index (χ2n) is 12.9. The molecular formula is C39H36N8O3. The molecule has 50 heavy (non-hydrogen) atoms. The maximum atomic E-state index is 13.1. The smallest absolute Gasteiger partial charge is 0.251 e. The fourth-order valence-corrected chi connectivity index (χ4v) is 7.00. The van der Waals surface area contributed by atoms with Crippen LogP contribution in [0.15, 0.2) is 91.1 Å². The van der Waals surface area contributed by atoms with Crippen LogP contribution in [0.3, 0.4) is 0 Å². The van der Waals surface area contributed by atoms with Gasteiger partial charge in [-0.15, -0.1) is 0 Å². The van der Waals surface area contributed by atoms with Gasteiger partial charge in [0, 0.05) is 54.9 Å². The highest BCUT2D eigenvalue weighted by atomic mass is 16.3. The molecule has 0 radical (unpaired) electrons. The largest absolute Gasteiger partial charge is 0.507 e. The number of benzene rings is 3. The van der Waals surface area contributed by atoms with Crippen molar-refractivity contribution in [2.24, 2.45) is 0 Å². The van der Waals surface area contributed by atoms with Crippen LogP contribution >= 0.6 is 0 Å². The molecule has 1 unspecified atom stereocenters. The number of aromatic hydroxyl groups is 1. The fraction of sp³-hybridized carbons (Fsp3) is 0.205. The molecule has 11 heteroatoms. The monoisotopic (exact) mass is 664 g/mol. The zero-order valence-electron chi connectivity index (χ0n) is 27.6. The topological polar surface area (TPSA) is 142 Å². The highest BCUT2D eigenvalue weighted by Gasteiger charge is 2.27. The van der Waals surface area contributed by atoms with E-state index in [0.29, 0.717) is 34.7 Å². The van der Waals surface area contributed by atoms with E-state index in [1.165, 1.54) is 23.9 Å². The third-order valence-electron chi connectivity index (χ3n) is 9.78. The molecular weight excluding hydrogens is 628 g/mol. The summed E-state index contributed by atoms with van der Waals surface area (Å²) in [6.45, 7) is 4.02. The number of pyridine rings is 2. The molecule has 1 fully saturated rings. The van der Waals surface area contributed by atoms with Gasteiger partial charge < -0.3 is 26.0 Å². The van der Waals surface area contributed by atoms with Gasteiger partial charge in [0.25, 0.3) is 5.91 Å². The maximum Gasteiger partial charge on any atom is 0.251 e. The summed E-state index contributed by atoms with van der Waals surface area (Å²) < 4.78 is 2.04. The Balaban J connectivity index is 1.17. The Hall–Kier alpha value is -6.07. The first-order valence-corrected chi connectivity index (χ1v) is 16.7. The molecule has 1 aliphatic carbocycles. The van der Waals surface area contributed by atoms with Crippen LogP contribution in [0.2, 0.25) is 0 Å². The van der Waals surface area contributed by atoms with E-state index < -0.39 is 0 Å². The van der Waals surface area contributed by atoms with Crippen molar-refractivity contribution in [3.05, 3.63) is 113 Å². The van der Waals surface area contributed by atoms with E-state index in [0.717, 1.165) is 72.6 Å². The van der Waals surface area contributed by atoms with Crippen LogP contribution in [0.4, 0.5) is 11.5 Å². The Kier molecular flexibility index (Phi) is 7.96. The van der Waals surface area contributed by atoms with E-state index in [1.807, 2.05) is 41.0 Å². The minimum atomic E-state index is -0.307. The van der Waals surface area contributed by atoms with Crippen molar-refractivity contribution in [1.82, 2.24) is 29.7 Å². The number of carbonyl (C=O) groups excluding carboxylic acids is 2. The summed E-state index contributed by atoms with van der Waals surface area (Å²) in [4.78, 5) is 43.8. The number of amides is 1. The van der Waals surface area contributed by atoms with Crippen molar-refractivity contribution < 1.29 is 14.7 Å². The zero-order valence-corrected chi connectivity index (χ0v) is 27.6. The fourth-order valence-electron chi connectivity index (χ4n) is 7.00. The third-order valence-corrected chi connectivity index (χ3v) is 9.78. The summed E-state index contributed by atoms with van der Waals surface area (Å²) in [5.74, 6) is 0.552. The molecule has 1 atom stereocenters. The lowest BCUT2D eigenvalue weighted by atomic mass is 10.1. The van der Waals surface area contributed by atoms with Crippen LogP contribution in [0, 0.1) is 0 Å². The summed E-state index contributed by atoms with van der Waals surface area (Å²) >= 11 is 0. The maximum absolute atomic E-state index is 13.1. The van der Waals surface area contributed by atoms with Crippen molar-refractivity contribution in [1.29, 1.82) is 0 Å². The molecule has 0 spiro atoms.